The van der Waals surface area contributed by atoms with E-state index in [2.05, 4.69) is 17.3 Å². The number of benzene rings is 1. The minimum atomic E-state index is -0.365. The van der Waals surface area contributed by atoms with Crippen molar-refractivity contribution in [3.8, 4) is 0 Å². The molecule has 6 nitrogen and oxygen atoms in total. The molecule has 0 aliphatic rings. The normalized spacial score (nSPS) is 10.5. The summed E-state index contributed by atoms with van der Waals surface area (Å²) in [6.07, 6.45) is 4.76. The molecular weight excluding hydrogens is 256 g/mol. The largest absolute Gasteiger partial charge is 0.375 e. The van der Waals surface area contributed by atoms with Gasteiger partial charge in [-0.2, -0.15) is 5.10 Å². The zero-order chi connectivity index (χ0) is 14.5. The molecule has 20 heavy (non-hydrogen) atoms. The third-order valence-electron chi connectivity index (χ3n) is 2.97. The van der Waals surface area contributed by atoms with E-state index in [0.29, 0.717) is 12.2 Å². The van der Waals surface area contributed by atoms with E-state index >= 15 is 0 Å². The summed E-state index contributed by atoms with van der Waals surface area (Å²) in [6.45, 7) is 5.33. The monoisotopic (exact) mass is 274 g/mol. The number of rotatable bonds is 6. The highest BCUT2D eigenvalue weighted by atomic mass is 16.6. The average Bonchev–Trinajstić information content (AvgIpc) is 2.85. The average molecular weight is 274 g/mol. The first kappa shape index (κ1) is 14.0. The van der Waals surface area contributed by atoms with Crippen LogP contribution in [0.2, 0.25) is 0 Å². The molecule has 0 aliphatic carbocycles. The fourth-order valence-corrected chi connectivity index (χ4v) is 1.99. The molecule has 0 amide bonds. The molecule has 1 aromatic carbocycles. The summed E-state index contributed by atoms with van der Waals surface area (Å²) in [5, 5.41) is 18.4. The zero-order valence-corrected chi connectivity index (χ0v) is 11.7. The van der Waals surface area contributed by atoms with Crippen LogP contribution in [-0.2, 0) is 13.1 Å². The van der Waals surface area contributed by atoms with Gasteiger partial charge in [0.25, 0.3) is 5.69 Å². The Bertz CT molecular complexity index is 607. The fourth-order valence-electron chi connectivity index (χ4n) is 1.99. The minimum Gasteiger partial charge on any atom is -0.375 e. The molecule has 106 valence electrons. The van der Waals surface area contributed by atoms with Crippen molar-refractivity contribution in [1.29, 1.82) is 0 Å². The summed E-state index contributed by atoms with van der Waals surface area (Å²) >= 11 is 0. The van der Waals surface area contributed by atoms with E-state index < -0.39 is 0 Å². The van der Waals surface area contributed by atoms with Crippen LogP contribution in [0.1, 0.15) is 24.5 Å². The van der Waals surface area contributed by atoms with Crippen LogP contribution in [0.15, 0.2) is 30.6 Å². The van der Waals surface area contributed by atoms with Gasteiger partial charge in [-0.1, -0.05) is 13.0 Å². The molecule has 0 radical (unpaired) electrons. The number of aromatic nitrogens is 2. The summed E-state index contributed by atoms with van der Waals surface area (Å²) in [6, 6.07) is 5.17. The molecule has 0 bridgehead atoms. The van der Waals surface area contributed by atoms with Crippen molar-refractivity contribution in [2.75, 3.05) is 5.32 Å². The molecule has 2 aromatic rings. The van der Waals surface area contributed by atoms with E-state index in [1.165, 1.54) is 0 Å². The highest BCUT2D eigenvalue weighted by Crippen LogP contribution is 2.25. The number of hydrogen-bond acceptors (Lipinski definition) is 4. The molecule has 6 heteroatoms. The summed E-state index contributed by atoms with van der Waals surface area (Å²) in [4.78, 5) is 10.7. The Labute approximate surface area is 117 Å². The van der Waals surface area contributed by atoms with Crippen molar-refractivity contribution < 1.29 is 4.92 Å². The third-order valence-corrected chi connectivity index (χ3v) is 2.97. The summed E-state index contributed by atoms with van der Waals surface area (Å²) in [5.74, 6) is 0. The number of anilines is 1. The maximum atomic E-state index is 11.0. The number of nitro groups is 1. The molecule has 0 atom stereocenters. The lowest BCUT2D eigenvalue weighted by molar-refractivity contribution is -0.384. The van der Waals surface area contributed by atoms with E-state index in [1.807, 2.05) is 23.9 Å². The molecule has 1 N–H and O–H groups in total. The lowest BCUT2D eigenvalue weighted by atomic mass is 10.2. The Morgan fingerprint density at radius 1 is 1.45 bits per heavy atom. The van der Waals surface area contributed by atoms with Gasteiger partial charge in [-0.15, -0.1) is 0 Å². The first-order chi connectivity index (χ1) is 9.60. The van der Waals surface area contributed by atoms with Gasteiger partial charge in [-0.05, 0) is 25.0 Å². The SMILES string of the molecule is CCCn1cc(CNc2ccc(C)cc2[N+](=O)[O-])cn1. The van der Waals surface area contributed by atoms with E-state index in [1.54, 1.807) is 18.3 Å². The first-order valence-corrected chi connectivity index (χ1v) is 6.60. The Morgan fingerprint density at radius 3 is 2.95 bits per heavy atom. The fraction of sp³-hybridized carbons (Fsp3) is 0.357. The Kier molecular flexibility index (Phi) is 4.34. The lowest BCUT2D eigenvalue weighted by Crippen LogP contribution is -2.02. The quantitative estimate of drug-likeness (QED) is 0.648. The number of hydrogen-bond donors (Lipinski definition) is 1. The molecule has 0 saturated carbocycles. The first-order valence-electron chi connectivity index (χ1n) is 6.60. The van der Waals surface area contributed by atoms with Gasteiger partial charge >= 0.3 is 0 Å². The van der Waals surface area contributed by atoms with E-state index in [0.717, 1.165) is 24.1 Å². The Balaban J connectivity index is 2.08. The highest BCUT2D eigenvalue weighted by Gasteiger charge is 2.13. The number of nitrogens with one attached hydrogen (secondary N) is 1. The molecule has 0 spiro atoms. The van der Waals surface area contributed by atoms with Crippen LogP contribution in [0.3, 0.4) is 0 Å². The molecule has 0 unspecified atom stereocenters. The highest BCUT2D eigenvalue weighted by molar-refractivity contribution is 5.62. The second kappa shape index (κ2) is 6.18. The maximum Gasteiger partial charge on any atom is 0.292 e. The van der Waals surface area contributed by atoms with Crippen molar-refractivity contribution in [3.05, 3.63) is 51.8 Å². The van der Waals surface area contributed by atoms with Crippen LogP contribution in [0, 0.1) is 17.0 Å². The minimum absolute atomic E-state index is 0.103. The third kappa shape index (κ3) is 3.34. The summed E-state index contributed by atoms with van der Waals surface area (Å²) < 4.78 is 1.88. The van der Waals surface area contributed by atoms with Crippen LogP contribution in [0.5, 0.6) is 0 Å². The zero-order valence-electron chi connectivity index (χ0n) is 11.7. The van der Waals surface area contributed by atoms with Crippen LogP contribution in [-0.4, -0.2) is 14.7 Å². The summed E-state index contributed by atoms with van der Waals surface area (Å²) in [5.41, 5.74) is 2.51. The van der Waals surface area contributed by atoms with Crippen molar-refractivity contribution in [2.24, 2.45) is 0 Å². The van der Waals surface area contributed by atoms with Crippen LogP contribution in [0.25, 0.3) is 0 Å². The molecule has 0 saturated heterocycles. The predicted octanol–water partition coefficient (Wildman–Crippen LogP) is 3.12. The van der Waals surface area contributed by atoms with Gasteiger partial charge < -0.3 is 5.32 Å². The molecular formula is C14H18N4O2. The van der Waals surface area contributed by atoms with E-state index in [9.17, 15) is 10.1 Å². The second-order valence-electron chi connectivity index (χ2n) is 4.74. The van der Waals surface area contributed by atoms with E-state index in [-0.39, 0.29) is 10.6 Å². The van der Waals surface area contributed by atoms with Crippen molar-refractivity contribution in [1.82, 2.24) is 9.78 Å². The van der Waals surface area contributed by atoms with Gasteiger partial charge in [-0.25, -0.2) is 0 Å². The number of aryl methyl sites for hydroxylation is 2. The molecule has 2 rings (SSSR count). The number of nitrogens with zero attached hydrogens (tertiary/aromatic N) is 3. The van der Waals surface area contributed by atoms with Gasteiger partial charge in [0.2, 0.25) is 0 Å². The molecule has 1 aromatic heterocycles. The standard InChI is InChI=1S/C14H18N4O2/c1-3-6-17-10-12(9-16-17)8-15-13-5-4-11(2)7-14(13)18(19)20/h4-5,7,9-10,15H,3,6,8H2,1-2H3. The van der Waals surface area contributed by atoms with Crippen molar-refractivity contribution in [3.63, 3.8) is 0 Å². The van der Waals surface area contributed by atoms with E-state index in [4.69, 9.17) is 0 Å². The number of nitro benzene ring substituents is 1. The van der Waals surface area contributed by atoms with Gasteiger partial charge in [-0.3, -0.25) is 14.8 Å². The van der Waals surface area contributed by atoms with Crippen molar-refractivity contribution >= 4 is 11.4 Å². The molecule has 0 aliphatic heterocycles. The predicted molar refractivity (Wildman–Crippen MR) is 77.7 cm³/mol. The summed E-state index contributed by atoms with van der Waals surface area (Å²) in [7, 11) is 0. The van der Waals surface area contributed by atoms with Crippen LogP contribution >= 0.6 is 0 Å². The molecule has 1 heterocycles. The van der Waals surface area contributed by atoms with Crippen LogP contribution in [0.4, 0.5) is 11.4 Å². The van der Waals surface area contributed by atoms with Crippen LogP contribution < -0.4 is 5.32 Å². The van der Waals surface area contributed by atoms with Gasteiger partial charge in [0.1, 0.15) is 5.69 Å². The smallest absolute Gasteiger partial charge is 0.292 e. The van der Waals surface area contributed by atoms with Gasteiger partial charge in [0, 0.05) is 30.9 Å². The second-order valence-corrected chi connectivity index (χ2v) is 4.74. The Hall–Kier alpha value is -2.37. The topological polar surface area (TPSA) is 73.0 Å². The maximum absolute atomic E-state index is 11.0. The lowest BCUT2D eigenvalue weighted by Gasteiger charge is -2.06. The van der Waals surface area contributed by atoms with Gasteiger partial charge in [0.05, 0.1) is 11.1 Å². The van der Waals surface area contributed by atoms with Crippen molar-refractivity contribution in [2.45, 2.75) is 33.4 Å². The Morgan fingerprint density at radius 2 is 2.25 bits per heavy atom. The molecule has 0 fully saturated rings. The van der Waals surface area contributed by atoms with Gasteiger partial charge in [0.15, 0.2) is 0 Å².